The Morgan fingerprint density at radius 3 is 2.67 bits per heavy atom. The first-order valence-corrected chi connectivity index (χ1v) is 9.04. The number of aryl methyl sites for hydroxylation is 1. The minimum Gasteiger partial charge on any atom is -0.493 e. The highest BCUT2D eigenvalue weighted by molar-refractivity contribution is 5.76. The molecule has 2 aromatic rings. The van der Waals surface area contributed by atoms with Crippen LogP contribution in [0.1, 0.15) is 39.3 Å². The number of benzene rings is 1. The van der Waals surface area contributed by atoms with Crippen LogP contribution in [0, 0.1) is 0 Å². The van der Waals surface area contributed by atoms with Gasteiger partial charge in [-0.3, -0.25) is 9.59 Å². The summed E-state index contributed by atoms with van der Waals surface area (Å²) in [6, 6.07) is 5.36. The highest BCUT2D eigenvalue weighted by Gasteiger charge is 2.12. The van der Waals surface area contributed by atoms with Crippen LogP contribution in [-0.4, -0.2) is 40.8 Å². The predicted octanol–water partition coefficient (Wildman–Crippen LogP) is 2.09. The molecule has 0 spiro atoms. The summed E-state index contributed by atoms with van der Waals surface area (Å²) in [5.41, 5.74) is 0.529. The molecule has 146 valence electrons. The SMILES string of the molecule is CCOc1ccc(-c2nnc(CCC(=O)NC(C)CC)c(=O)[nH]2)cc1OC. The lowest BCUT2D eigenvalue weighted by Gasteiger charge is -2.11. The lowest BCUT2D eigenvalue weighted by atomic mass is 10.2. The number of hydrogen-bond donors (Lipinski definition) is 2. The van der Waals surface area contributed by atoms with Crippen LogP contribution >= 0.6 is 0 Å². The Morgan fingerprint density at radius 2 is 2.04 bits per heavy atom. The van der Waals surface area contributed by atoms with E-state index in [0.717, 1.165) is 6.42 Å². The van der Waals surface area contributed by atoms with E-state index in [4.69, 9.17) is 9.47 Å². The molecule has 8 heteroatoms. The fraction of sp³-hybridized carbons (Fsp3) is 0.474. The highest BCUT2D eigenvalue weighted by Crippen LogP contribution is 2.30. The Balaban J connectivity index is 2.12. The number of carbonyl (C=O) groups is 1. The van der Waals surface area contributed by atoms with Crippen LogP contribution in [0.15, 0.2) is 23.0 Å². The molecule has 1 atom stereocenters. The van der Waals surface area contributed by atoms with Crippen molar-refractivity contribution in [1.29, 1.82) is 0 Å². The zero-order valence-corrected chi connectivity index (χ0v) is 16.2. The van der Waals surface area contributed by atoms with Crippen molar-refractivity contribution in [3.63, 3.8) is 0 Å². The number of rotatable bonds is 9. The van der Waals surface area contributed by atoms with E-state index in [0.29, 0.717) is 29.5 Å². The predicted molar refractivity (Wildman–Crippen MR) is 102 cm³/mol. The average Bonchev–Trinajstić information content (AvgIpc) is 2.67. The third kappa shape index (κ3) is 5.54. The standard InChI is InChI=1S/C19H26N4O4/c1-5-12(3)20-17(24)10-8-14-19(25)21-18(23-22-14)13-7-9-15(27-6-2)16(11-13)26-4/h7,9,11-12H,5-6,8,10H2,1-4H3,(H,20,24)(H,21,23,25). The van der Waals surface area contributed by atoms with E-state index in [9.17, 15) is 9.59 Å². The number of aromatic amines is 1. The van der Waals surface area contributed by atoms with E-state index in [1.54, 1.807) is 25.3 Å². The summed E-state index contributed by atoms with van der Waals surface area (Å²) in [5.74, 6) is 1.38. The van der Waals surface area contributed by atoms with Gasteiger partial charge in [0, 0.05) is 24.4 Å². The summed E-state index contributed by atoms with van der Waals surface area (Å²) in [6.07, 6.45) is 1.28. The van der Waals surface area contributed by atoms with Crippen molar-refractivity contribution in [3.05, 3.63) is 34.2 Å². The van der Waals surface area contributed by atoms with Crippen molar-refractivity contribution in [3.8, 4) is 22.9 Å². The van der Waals surface area contributed by atoms with E-state index in [-0.39, 0.29) is 36.0 Å². The van der Waals surface area contributed by atoms with E-state index in [1.165, 1.54) is 0 Å². The van der Waals surface area contributed by atoms with Gasteiger partial charge in [0.2, 0.25) is 5.91 Å². The van der Waals surface area contributed by atoms with Crippen LogP contribution in [0.5, 0.6) is 11.5 Å². The maximum absolute atomic E-state index is 12.3. The molecule has 27 heavy (non-hydrogen) atoms. The highest BCUT2D eigenvalue weighted by atomic mass is 16.5. The fourth-order valence-corrected chi connectivity index (χ4v) is 2.42. The molecule has 0 aliphatic carbocycles. The van der Waals surface area contributed by atoms with E-state index in [1.807, 2.05) is 20.8 Å². The smallest absolute Gasteiger partial charge is 0.273 e. The van der Waals surface area contributed by atoms with Crippen LogP contribution in [0.4, 0.5) is 0 Å². The Bertz CT molecular complexity index is 835. The minimum absolute atomic E-state index is 0.106. The van der Waals surface area contributed by atoms with Gasteiger partial charge in [-0.15, -0.1) is 10.2 Å². The van der Waals surface area contributed by atoms with Crippen molar-refractivity contribution < 1.29 is 14.3 Å². The van der Waals surface area contributed by atoms with Crippen LogP contribution in [-0.2, 0) is 11.2 Å². The van der Waals surface area contributed by atoms with Crippen molar-refractivity contribution in [2.45, 2.75) is 46.1 Å². The molecule has 0 saturated carbocycles. The third-order valence-corrected chi connectivity index (χ3v) is 4.11. The van der Waals surface area contributed by atoms with Crippen molar-refractivity contribution >= 4 is 5.91 Å². The van der Waals surface area contributed by atoms with Gasteiger partial charge in [-0.25, -0.2) is 0 Å². The first kappa shape index (κ1) is 20.4. The number of nitrogens with zero attached hydrogens (tertiary/aromatic N) is 2. The maximum atomic E-state index is 12.3. The molecule has 0 fully saturated rings. The Hall–Kier alpha value is -2.90. The lowest BCUT2D eigenvalue weighted by molar-refractivity contribution is -0.121. The van der Waals surface area contributed by atoms with Crippen LogP contribution in [0.3, 0.4) is 0 Å². The number of aromatic nitrogens is 3. The Morgan fingerprint density at radius 1 is 1.26 bits per heavy atom. The fourth-order valence-electron chi connectivity index (χ4n) is 2.42. The molecule has 1 unspecified atom stereocenters. The number of carbonyl (C=O) groups excluding carboxylic acids is 1. The molecule has 2 N–H and O–H groups in total. The second kappa shape index (κ2) is 9.70. The summed E-state index contributed by atoms with van der Waals surface area (Å²) in [4.78, 5) is 26.8. The number of methoxy groups -OCH3 is 1. The molecular weight excluding hydrogens is 348 g/mol. The summed E-state index contributed by atoms with van der Waals surface area (Å²) in [5, 5.41) is 10.9. The summed E-state index contributed by atoms with van der Waals surface area (Å²) < 4.78 is 10.8. The zero-order valence-electron chi connectivity index (χ0n) is 16.2. The Kier molecular flexibility index (Phi) is 7.34. The molecule has 1 amide bonds. The molecule has 1 aromatic carbocycles. The van der Waals surface area contributed by atoms with Crippen molar-refractivity contribution in [1.82, 2.24) is 20.5 Å². The number of hydrogen-bond acceptors (Lipinski definition) is 6. The van der Waals surface area contributed by atoms with E-state index >= 15 is 0 Å². The molecule has 8 nitrogen and oxygen atoms in total. The monoisotopic (exact) mass is 374 g/mol. The van der Waals surface area contributed by atoms with E-state index in [2.05, 4.69) is 20.5 Å². The first-order valence-electron chi connectivity index (χ1n) is 9.04. The number of nitrogens with one attached hydrogen (secondary N) is 2. The Labute approximate surface area is 158 Å². The third-order valence-electron chi connectivity index (χ3n) is 4.11. The molecule has 1 heterocycles. The van der Waals surface area contributed by atoms with Gasteiger partial charge in [0.1, 0.15) is 5.69 Å². The van der Waals surface area contributed by atoms with Gasteiger partial charge < -0.3 is 19.8 Å². The molecule has 2 rings (SSSR count). The molecule has 0 saturated heterocycles. The summed E-state index contributed by atoms with van der Waals surface area (Å²) >= 11 is 0. The molecule has 0 aliphatic heterocycles. The summed E-state index contributed by atoms with van der Waals surface area (Å²) in [7, 11) is 1.55. The normalized spacial score (nSPS) is 11.7. The number of ether oxygens (including phenoxy) is 2. The van der Waals surface area contributed by atoms with E-state index < -0.39 is 0 Å². The lowest BCUT2D eigenvalue weighted by Crippen LogP contribution is -2.32. The van der Waals surface area contributed by atoms with Crippen LogP contribution < -0.4 is 20.3 Å². The van der Waals surface area contributed by atoms with Gasteiger partial charge in [0.15, 0.2) is 17.3 Å². The first-order chi connectivity index (χ1) is 13.0. The van der Waals surface area contributed by atoms with Gasteiger partial charge >= 0.3 is 0 Å². The van der Waals surface area contributed by atoms with Gasteiger partial charge in [0.25, 0.3) is 5.56 Å². The summed E-state index contributed by atoms with van der Waals surface area (Å²) in [6.45, 7) is 6.34. The van der Waals surface area contributed by atoms with Crippen LogP contribution in [0.2, 0.25) is 0 Å². The number of amides is 1. The van der Waals surface area contributed by atoms with Gasteiger partial charge in [-0.2, -0.15) is 0 Å². The van der Waals surface area contributed by atoms with Gasteiger partial charge in [0.05, 0.1) is 13.7 Å². The number of H-pyrrole nitrogens is 1. The molecule has 1 aromatic heterocycles. The van der Waals surface area contributed by atoms with Crippen LogP contribution in [0.25, 0.3) is 11.4 Å². The van der Waals surface area contributed by atoms with Crippen molar-refractivity contribution in [2.24, 2.45) is 0 Å². The van der Waals surface area contributed by atoms with Gasteiger partial charge in [-0.05, 0) is 38.5 Å². The minimum atomic E-state index is -0.357. The average molecular weight is 374 g/mol. The maximum Gasteiger partial charge on any atom is 0.273 e. The molecule has 0 radical (unpaired) electrons. The largest absolute Gasteiger partial charge is 0.493 e. The molecule has 0 aliphatic rings. The molecule has 0 bridgehead atoms. The molecular formula is C19H26N4O4. The van der Waals surface area contributed by atoms with Crippen molar-refractivity contribution in [2.75, 3.05) is 13.7 Å². The zero-order chi connectivity index (χ0) is 19.8. The van der Waals surface area contributed by atoms with Gasteiger partial charge in [-0.1, -0.05) is 6.92 Å². The topological polar surface area (TPSA) is 106 Å². The quantitative estimate of drug-likeness (QED) is 0.696. The second-order valence-corrected chi connectivity index (χ2v) is 6.12. The second-order valence-electron chi connectivity index (χ2n) is 6.12.